The number of fused-ring (bicyclic) bond motifs is 1. The topological polar surface area (TPSA) is 117 Å². The predicted octanol–water partition coefficient (Wildman–Crippen LogP) is 3.04. The Hall–Kier alpha value is -3.57. The molecule has 0 radical (unpaired) electrons. The standard InChI is InChI=1S/C29H37N7O4/c1-33(21-5-3-2-4-6-21)26-16-24(30-19-31-26)28(37)35-12-10-34(11-13-35)18-27-32-23-8-7-20(29(38)39)15-25(23)36(27)17-22-9-14-40-22/h7-8,15-16,19,21-22H,2-6,9-14,17-18H2,1H3,(H,38,39). The van der Waals surface area contributed by atoms with Crippen molar-refractivity contribution in [3.05, 3.63) is 47.7 Å². The molecule has 1 amide bonds. The third kappa shape index (κ3) is 5.53. The molecule has 40 heavy (non-hydrogen) atoms. The van der Waals surface area contributed by atoms with Gasteiger partial charge in [0.15, 0.2) is 0 Å². The minimum Gasteiger partial charge on any atom is -0.478 e. The molecule has 3 fully saturated rings. The van der Waals surface area contributed by atoms with Crippen LogP contribution in [0.2, 0.25) is 0 Å². The zero-order valence-electron chi connectivity index (χ0n) is 23.0. The minimum atomic E-state index is -0.951. The molecule has 1 saturated carbocycles. The molecule has 1 N–H and O–H groups in total. The first kappa shape index (κ1) is 26.6. The highest BCUT2D eigenvalue weighted by Gasteiger charge is 2.27. The van der Waals surface area contributed by atoms with Crippen LogP contribution in [0.1, 0.15) is 65.2 Å². The van der Waals surface area contributed by atoms with Crippen molar-refractivity contribution in [3.8, 4) is 0 Å². The fourth-order valence-electron chi connectivity index (χ4n) is 6.05. The molecular formula is C29H37N7O4. The number of carbonyl (C=O) groups excluding carboxylic acids is 1. The molecule has 0 spiro atoms. The lowest BCUT2D eigenvalue weighted by Gasteiger charge is -2.35. The normalized spacial score (nSPS) is 20.4. The van der Waals surface area contributed by atoms with Gasteiger partial charge in [-0.15, -0.1) is 0 Å². The Morgan fingerprint density at radius 3 is 2.52 bits per heavy atom. The van der Waals surface area contributed by atoms with Crippen LogP contribution in [0.5, 0.6) is 0 Å². The number of carboxylic acid groups (broad SMARTS) is 1. The van der Waals surface area contributed by atoms with Gasteiger partial charge in [0, 0.05) is 51.9 Å². The van der Waals surface area contributed by atoms with Gasteiger partial charge in [-0.25, -0.2) is 19.7 Å². The molecule has 2 aromatic heterocycles. The lowest BCUT2D eigenvalue weighted by Crippen LogP contribution is -2.48. The predicted molar refractivity (Wildman–Crippen MR) is 150 cm³/mol. The molecule has 2 aliphatic heterocycles. The number of rotatable bonds is 8. The molecule has 1 unspecified atom stereocenters. The van der Waals surface area contributed by atoms with Crippen LogP contribution in [0, 0.1) is 0 Å². The van der Waals surface area contributed by atoms with Crippen LogP contribution in [0.4, 0.5) is 5.82 Å². The Morgan fingerprint density at radius 2 is 1.82 bits per heavy atom. The SMILES string of the molecule is CN(c1cc(C(=O)N2CCN(Cc3nc4ccc(C(=O)O)cc4n3CC3CCO3)CC2)ncn1)C1CCCCC1. The number of imidazole rings is 1. The van der Waals surface area contributed by atoms with Crippen molar-refractivity contribution in [2.24, 2.45) is 0 Å². The average molecular weight is 548 g/mol. The van der Waals surface area contributed by atoms with E-state index in [0.717, 1.165) is 61.6 Å². The molecule has 1 aromatic carbocycles. The quantitative estimate of drug-likeness (QED) is 0.454. The Morgan fingerprint density at radius 1 is 1.05 bits per heavy atom. The first-order valence-corrected chi connectivity index (χ1v) is 14.4. The van der Waals surface area contributed by atoms with Crippen molar-refractivity contribution in [1.29, 1.82) is 0 Å². The highest BCUT2D eigenvalue weighted by atomic mass is 16.5. The highest BCUT2D eigenvalue weighted by Crippen LogP contribution is 2.26. The second-order valence-corrected chi connectivity index (χ2v) is 11.2. The number of carbonyl (C=O) groups is 2. The van der Waals surface area contributed by atoms with Crippen molar-refractivity contribution in [3.63, 3.8) is 0 Å². The van der Waals surface area contributed by atoms with Crippen molar-refractivity contribution >= 4 is 28.7 Å². The van der Waals surface area contributed by atoms with Crippen molar-refractivity contribution < 1.29 is 19.4 Å². The van der Waals surface area contributed by atoms with Gasteiger partial charge >= 0.3 is 5.97 Å². The molecule has 11 nitrogen and oxygen atoms in total. The Bertz CT molecular complexity index is 1370. The number of aromatic carboxylic acids is 1. The minimum absolute atomic E-state index is 0.0593. The van der Waals surface area contributed by atoms with Gasteiger partial charge in [0.1, 0.15) is 23.7 Å². The monoisotopic (exact) mass is 547 g/mol. The number of hydrogen-bond acceptors (Lipinski definition) is 8. The number of aromatic nitrogens is 4. The van der Waals surface area contributed by atoms with Gasteiger partial charge in [0.25, 0.3) is 5.91 Å². The van der Waals surface area contributed by atoms with Gasteiger partial charge in [-0.1, -0.05) is 19.3 Å². The van der Waals surface area contributed by atoms with E-state index in [4.69, 9.17) is 9.72 Å². The summed E-state index contributed by atoms with van der Waals surface area (Å²) >= 11 is 0. The summed E-state index contributed by atoms with van der Waals surface area (Å²) in [5.41, 5.74) is 2.29. The van der Waals surface area contributed by atoms with E-state index in [-0.39, 0.29) is 17.6 Å². The molecule has 4 heterocycles. The molecule has 11 heteroatoms. The number of carboxylic acids is 1. The fourth-order valence-corrected chi connectivity index (χ4v) is 6.05. The summed E-state index contributed by atoms with van der Waals surface area (Å²) in [5.74, 6) is 0.688. The Balaban J connectivity index is 1.12. The van der Waals surface area contributed by atoms with E-state index in [0.29, 0.717) is 37.9 Å². The summed E-state index contributed by atoms with van der Waals surface area (Å²) in [7, 11) is 2.07. The van der Waals surface area contributed by atoms with Crippen LogP contribution >= 0.6 is 0 Å². The van der Waals surface area contributed by atoms with Crippen LogP contribution in [0.3, 0.4) is 0 Å². The van der Waals surface area contributed by atoms with Gasteiger partial charge in [-0.3, -0.25) is 9.69 Å². The average Bonchev–Trinajstić information content (AvgIpc) is 3.30. The first-order chi connectivity index (χ1) is 19.5. The maximum atomic E-state index is 13.4. The maximum absolute atomic E-state index is 13.4. The van der Waals surface area contributed by atoms with E-state index in [9.17, 15) is 14.7 Å². The molecule has 0 bridgehead atoms. The number of ether oxygens (including phenoxy) is 1. The van der Waals surface area contributed by atoms with E-state index < -0.39 is 5.97 Å². The van der Waals surface area contributed by atoms with Gasteiger partial charge in [0.05, 0.1) is 35.8 Å². The van der Waals surface area contributed by atoms with Gasteiger partial charge in [0.2, 0.25) is 0 Å². The number of piperazine rings is 1. The first-order valence-electron chi connectivity index (χ1n) is 14.4. The summed E-state index contributed by atoms with van der Waals surface area (Å²) in [6, 6.07) is 7.37. The van der Waals surface area contributed by atoms with E-state index in [2.05, 4.69) is 31.4 Å². The van der Waals surface area contributed by atoms with Crippen LogP contribution in [0.25, 0.3) is 11.0 Å². The number of amides is 1. The van der Waals surface area contributed by atoms with E-state index in [1.165, 1.54) is 25.6 Å². The summed E-state index contributed by atoms with van der Waals surface area (Å²) in [5, 5.41) is 9.49. The summed E-state index contributed by atoms with van der Waals surface area (Å²) in [6.07, 6.45) is 8.71. The van der Waals surface area contributed by atoms with E-state index in [1.807, 2.05) is 11.0 Å². The Kier molecular flexibility index (Phi) is 7.66. The zero-order valence-corrected chi connectivity index (χ0v) is 23.0. The van der Waals surface area contributed by atoms with Crippen LogP contribution in [-0.4, -0.2) is 98.3 Å². The van der Waals surface area contributed by atoms with Crippen LogP contribution < -0.4 is 4.90 Å². The van der Waals surface area contributed by atoms with E-state index >= 15 is 0 Å². The molecule has 1 aliphatic carbocycles. The summed E-state index contributed by atoms with van der Waals surface area (Å²) in [4.78, 5) is 44.9. The van der Waals surface area contributed by atoms with Crippen molar-refractivity contribution in [2.45, 2.75) is 63.8 Å². The van der Waals surface area contributed by atoms with Gasteiger partial charge < -0.3 is 24.2 Å². The zero-order chi connectivity index (χ0) is 27.6. The fraction of sp³-hybridized carbons (Fsp3) is 0.552. The number of anilines is 1. The second kappa shape index (κ2) is 11.5. The van der Waals surface area contributed by atoms with Crippen LogP contribution in [0.15, 0.2) is 30.6 Å². The summed E-state index contributed by atoms with van der Waals surface area (Å²) < 4.78 is 7.78. The second-order valence-electron chi connectivity index (χ2n) is 11.2. The third-order valence-electron chi connectivity index (χ3n) is 8.63. The third-order valence-corrected chi connectivity index (χ3v) is 8.63. The molecule has 3 aliphatic rings. The smallest absolute Gasteiger partial charge is 0.335 e. The molecular weight excluding hydrogens is 510 g/mol. The lowest BCUT2D eigenvalue weighted by molar-refractivity contribution is -0.0592. The molecule has 2 saturated heterocycles. The van der Waals surface area contributed by atoms with Crippen molar-refractivity contribution in [1.82, 2.24) is 29.3 Å². The largest absolute Gasteiger partial charge is 0.478 e. The van der Waals surface area contributed by atoms with E-state index in [1.54, 1.807) is 18.2 Å². The maximum Gasteiger partial charge on any atom is 0.335 e. The summed E-state index contributed by atoms with van der Waals surface area (Å²) in [6.45, 7) is 4.67. The van der Waals surface area contributed by atoms with Gasteiger partial charge in [-0.05, 0) is 37.5 Å². The molecule has 1 atom stereocenters. The Labute approximate surface area is 233 Å². The molecule has 6 rings (SSSR count). The highest BCUT2D eigenvalue weighted by molar-refractivity contribution is 5.93. The lowest BCUT2D eigenvalue weighted by atomic mass is 9.94. The van der Waals surface area contributed by atoms with Crippen molar-refractivity contribution in [2.75, 3.05) is 44.7 Å². The number of hydrogen-bond donors (Lipinski definition) is 1. The number of benzene rings is 1. The molecule has 3 aromatic rings. The van der Waals surface area contributed by atoms with Crippen LogP contribution in [-0.2, 0) is 17.8 Å². The van der Waals surface area contributed by atoms with Gasteiger partial charge in [-0.2, -0.15) is 0 Å². The number of nitrogens with zero attached hydrogens (tertiary/aromatic N) is 7. The molecule has 212 valence electrons.